The highest BCUT2D eigenvalue weighted by atomic mass is 19.1. The number of benzene rings is 2. The molecule has 2 rings (SSSR count). The van der Waals surface area contributed by atoms with Gasteiger partial charge in [-0.3, -0.25) is 4.79 Å². The van der Waals surface area contributed by atoms with E-state index in [1.165, 1.54) is 6.07 Å². The van der Waals surface area contributed by atoms with Crippen molar-refractivity contribution < 1.29 is 9.18 Å². The zero-order chi connectivity index (χ0) is 17.9. The zero-order valence-electron chi connectivity index (χ0n) is 14.4. The second-order valence-electron chi connectivity index (χ2n) is 5.99. The fourth-order valence-corrected chi connectivity index (χ4v) is 2.53. The molecule has 0 bridgehead atoms. The highest BCUT2D eigenvalue weighted by Gasteiger charge is 2.01. The number of anilines is 1. The number of carbonyl (C=O) groups excluding carboxylic acids is 1. The summed E-state index contributed by atoms with van der Waals surface area (Å²) in [4.78, 5) is 11.4. The van der Waals surface area contributed by atoms with Crippen molar-refractivity contribution in [2.75, 3.05) is 18.4 Å². The molecular formula is C20H26FN3O. The molecule has 0 heterocycles. The Kier molecular flexibility index (Phi) is 7.92. The van der Waals surface area contributed by atoms with E-state index >= 15 is 0 Å². The molecule has 25 heavy (non-hydrogen) atoms. The smallest absolute Gasteiger partial charge is 0.221 e. The van der Waals surface area contributed by atoms with Crippen LogP contribution in [0, 0.1) is 5.82 Å². The Morgan fingerprint density at radius 3 is 2.52 bits per heavy atom. The topological polar surface area (TPSA) is 67.2 Å². The summed E-state index contributed by atoms with van der Waals surface area (Å²) < 4.78 is 13.5. The average Bonchev–Trinajstić information content (AvgIpc) is 2.62. The molecular weight excluding hydrogens is 317 g/mol. The van der Waals surface area contributed by atoms with E-state index in [1.54, 1.807) is 6.07 Å². The van der Waals surface area contributed by atoms with Gasteiger partial charge in [-0.1, -0.05) is 30.3 Å². The van der Waals surface area contributed by atoms with Crippen molar-refractivity contribution in [3.05, 3.63) is 65.5 Å². The van der Waals surface area contributed by atoms with Crippen molar-refractivity contribution in [1.29, 1.82) is 0 Å². The lowest BCUT2D eigenvalue weighted by Crippen LogP contribution is -2.24. The number of halogens is 1. The monoisotopic (exact) mass is 343 g/mol. The number of unbranched alkanes of at least 4 members (excludes halogenated alkanes) is 1. The summed E-state index contributed by atoms with van der Waals surface area (Å²) in [5.41, 5.74) is 8.22. The molecule has 0 aliphatic carbocycles. The standard InChI is InChI=1S/C20H26FN3O/c21-19-7-2-1-5-17(19)6-3-4-14-23-18-10-8-16(9-11-18)15-24-20(25)12-13-22/h1-2,5,7-11,23H,3-4,6,12-15,22H2,(H,24,25). The molecule has 0 fully saturated rings. The van der Waals surface area contributed by atoms with Gasteiger partial charge in [0.2, 0.25) is 5.91 Å². The van der Waals surface area contributed by atoms with Gasteiger partial charge in [0.1, 0.15) is 5.82 Å². The highest BCUT2D eigenvalue weighted by Crippen LogP contribution is 2.12. The van der Waals surface area contributed by atoms with Crippen molar-refractivity contribution in [3.63, 3.8) is 0 Å². The maximum atomic E-state index is 13.5. The molecule has 4 N–H and O–H groups in total. The summed E-state index contributed by atoms with van der Waals surface area (Å²) in [6.45, 7) is 1.73. The van der Waals surface area contributed by atoms with Crippen LogP contribution in [0.25, 0.3) is 0 Å². The number of rotatable bonds is 10. The van der Waals surface area contributed by atoms with Gasteiger partial charge < -0.3 is 16.4 Å². The fraction of sp³-hybridized carbons (Fsp3) is 0.350. The fourth-order valence-electron chi connectivity index (χ4n) is 2.53. The number of hydrogen-bond acceptors (Lipinski definition) is 3. The van der Waals surface area contributed by atoms with Gasteiger partial charge in [0, 0.05) is 31.7 Å². The Labute approximate surface area is 148 Å². The molecule has 0 unspecified atom stereocenters. The summed E-state index contributed by atoms with van der Waals surface area (Å²) in [6, 6.07) is 14.9. The quantitative estimate of drug-likeness (QED) is 0.580. The summed E-state index contributed by atoms with van der Waals surface area (Å²) in [7, 11) is 0. The first-order valence-corrected chi connectivity index (χ1v) is 8.72. The summed E-state index contributed by atoms with van der Waals surface area (Å²) >= 11 is 0. The van der Waals surface area contributed by atoms with Crippen molar-refractivity contribution in [1.82, 2.24) is 5.32 Å². The number of hydrogen-bond donors (Lipinski definition) is 3. The molecule has 0 aliphatic rings. The molecule has 4 nitrogen and oxygen atoms in total. The minimum absolute atomic E-state index is 0.0282. The van der Waals surface area contributed by atoms with Gasteiger partial charge in [-0.15, -0.1) is 0 Å². The van der Waals surface area contributed by atoms with Crippen LogP contribution in [-0.2, 0) is 17.8 Å². The molecule has 0 aliphatic heterocycles. The van der Waals surface area contributed by atoms with E-state index in [1.807, 2.05) is 36.4 Å². The van der Waals surface area contributed by atoms with Crippen LogP contribution in [0.5, 0.6) is 0 Å². The third-order valence-corrected chi connectivity index (χ3v) is 3.97. The minimum Gasteiger partial charge on any atom is -0.385 e. The van der Waals surface area contributed by atoms with Crippen molar-refractivity contribution in [2.24, 2.45) is 5.73 Å². The van der Waals surface area contributed by atoms with Crippen LogP contribution in [0.4, 0.5) is 10.1 Å². The second-order valence-corrected chi connectivity index (χ2v) is 5.99. The van der Waals surface area contributed by atoms with Gasteiger partial charge in [-0.2, -0.15) is 0 Å². The maximum absolute atomic E-state index is 13.5. The lowest BCUT2D eigenvalue weighted by molar-refractivity contribution is -0.121. The predicted octanol–water partition coefficient (Wildman–Crippen LogP) is 3.23. The van der Waals surface area contributed by atoms with Crippen molar-refractivity contribution in [3.8, 4) is 0 Å². The van der Waals surface area contributed by atoms with Crippen molar-refractivity contribution >= 4 is 11.6 Å². The number of nitrogens with two attached hydrogens (primary N) is 1. The molecule has 0 atom stereocenters. The van der Waals surface area contributed by atoms with Gasteiger partial charge >= 0.3 is 0 Å². The van der Waals surface area contributed by atoms with Crippen LogP contribution in [0.2, 0.25) is 0 Å². The first kappa shape index (κ1) is 18.9. The van der Waals surface area contributed by atoms with E-state index < -0.39 is 0 Å². The molecule has 134 valence electrons. The third-order valence-electron chi connectivity index (χ3n) is 3.97. The SMILES string of the molecule is NCCC(=O)NCc1ccc(NCCCCc2ccccc2F)cc1. The van der Waals surface area contributed by atoms with E-state index in [0.29, 0.717) is 19.5 Å². The molecule has 2 aromatic rings. The van der Waals surface area contributed by atoms with Gasteiger partial charge in [0.05, 0.1) is 0 Å². The molecule has 0 spiro atoms. The minimum atomic E-state index is -0.121. The molecule has 0 radical (unpaired) electrons. The second kappa shape index (κ2) is 10.5. The average molecular weight is 343 g/mol. The Morgan fingerprint density at radius 2 is 1.80 bits per heavy atom. The van der Waals surface area contributed by atoms with Crippen LogP contribution in [0.15, 0.2) is 48.5 Å². The first-order chi connectivity index (χ1) is 12.2. The van der Waals surface area contributed by atoms with Gasteiger partial charge in [-0.05, 0) is 48.6 Å². The van der Waals surface area contributed by atoms with E-state index in [4.69, 9.17) is 5.73 Å². The first-order valence-electron chi connectivity index (χ1n) is 8.72. The summed E-state index contributed by atoms with van der Waals surface area (Å²) in [6.07, 6.45) is 3.03. The Morgan fingerprint density at radius 1 is 1.04 bits per heavy atom. The van der Waals surface area contributed by atoms with Crippen molar-refractivity contribution in [2.45, 2.75) is 32.2 Å². The summed E-state index contributed by atoms with van der Waals surface area (Å²) in [5, 5.41) is 6.19. The molecule has 5 heteroatoms. The molecule has 2 aromatic carbocycles. The summed E-state index contributed by atoms with van der Waals surface area (Å²) in [5.74, 6) is -0.149. The Hall–Kier alpha value is -2.40. The van der Waals surface area contributed by atoms with Gasteiger partial charge in [-0.25, -0.2) is 4.39 Å². The lowest BCUT2D eigenvalue weighted by Gasteiger charge is -2.09. The van der Waals surface area contributed by atoms with E-state index in [0.717, 1.165) is 42.6 Å². The van der Waals surface area contributed by atoms with Crippen LogP contribution in [0.1, 0.15) is 30.4 Å². The Bertz CT molecular complexity index is 658. The van der Waals surface area contributed by atoms with E-state index in [-0.39, 0.29) is 11.7 Å². The normalized spacial score (nSPS) is 10.5. The van der Waals surface area contributed by atoms with Crippen LogP contribution in [0.3, 0.4) is 0 Å². The number of nitrogens with one attached hydrogen (secondary N) is 2. The zero-order valence-corrected chi connectivity index (χ0v) is 14.4. The third kappa shape index (κ3) is 6.93. The molecule has 0 aromatic heterocycles. The van der Waals surface area contributed by atoms with Gasteiger partial charge in [0.25, 0.3) is 0 Å². The van der Waals surface area contributed by atoms with E-state index in [9.17, 15) is 9.18 Å². The number of amides is 1. The van der Waals surface area contributed by atoms with Gasteiger partial charge in [0.15, 0.2) is 0 Å². The molecule has 0 saturated heterocycles. The molecule has 0 saturated carbocycles. The number of carbonyl (C=O) groups is 1. The maximum Gasteiger partial charge on any atom is 0.221 e. The number of aryl methyl sites for hydroxylation is 1. The molecule has 1 amide bonds. The lowest BCUT2D eigenvalue weighted by atomic mass is 10.1. The largest absolute Gasteiger partial charge is 0.385 e. The van der Waals surface area contributed by atoms with E-state index in [2.05, 4.69) is 10.6 Å². The van der Waals surface area contributed by atoms with Crippen LogP contribution < -0.4 is 16.4 Å². The van der Waals surface area contributed by atoms with Crippen LogP contribution >= 0.6 is 0 Å². The predicted molar refractivity (Wildman–Crippen MR) is 99.8 cm³/mol. The Balaban J connectivity index is 1.64. The highest BCUT2D eigenvalue weighted by molar-refractivity contribution is 5.76. The van der Waals surface area contributed by atoms with Crippen LogP contribution in [-0.4, -0.2) is 19.0 Å².